The van der Waals surface area contributed by atoms with E-state index < -0.39 is 0 Å². The van der Waals surface area contributed by atoms with Gasteiger partial charge in [-0.05, 0) is 54.4 Å². The zero-order valence-electron chi connectivity index (χ0n) is 18.9. The zero-order valence-corrected chi connectivity index (χ0v) is 19.7. The molecule has 2 N–H and O–H groups in total. The third-order valence-electron chi connectivity index (χ3n) is 5.88. The van der Waals surface area contributed by atoms with Gasteiger partial charge in [0, 0.05) is 35.1 Å². The third kappa shape index (κ3) is 5.29. The molecular formula is C26H23N5O3S. The number of nitriles is 1. The van der Waals surface area contributed by atoms with Crippen LogP contribution in [0.4, 0.5) is 16.2 Å². The molecule has 2 aliphatic rings. The number of benzene rings is 2. The van der Waals surface area contributed by atoms with E-state index in [1.54, 1.807) is 17.3 Å². The molecule has 2 amide bonds. The van der Waals surface area contributed by atoms with Crippen LogP contribution in [0.25, 0.3) is 11.1 Å². The first-order valence-corrected chi connectivity index (χ1v) is 12.3. The molecule has 1 saturated heterocycles. The summed E-state index contributed by atoms with van der Waals surface area (Å²) in [5.41, 5.74) is 5.02. The van der Waals surface area contributed by atoms with Crippen molar-refractivity contribution < 1.29 is 14.3 Å². The molecule has 9 heteroatoms. The minimum atomic E-state index is -0.370. The minimum Gasteiger partial charge on any atom is -0.444 e. The highest BCUT2D eigenvalue weighted by atomic mass is 32.2. The van der Waals surface area contributed by atoms with Crippen LogP contribution in [0.2, 0.25) is 0 Å². The lowest BCUT2D eigenvalue weighted by molar-refractivity contribution is -0.113. The highest BCUT2D eigenvalue weighted by molar-refractivity contribution is 8.00. The number of carbonyl (C=O) groups excluding carboxylic acids is 2. The quantitative estimate of drug-likeness (QED) is 0.484. The molecule has 0 saturated carbocycles. The number of rotatable bonds is 7. The number of nitrogens with one attached hydrogen (secondary N) is 2. The molecule has 8 nitrogen and oxygen atoms in total. The molecule has 0 radical (unpaired) electrons. The number of aromatic nitrogens is 1. The summed E-state index contributed by atoms with van der Waals surface area (Å²) in [5.74, 6) is 0.369. The Kier molecular flexibility index (Phi) is 6.66. The van der Waals surface area contributed by atoms with Crippen LogP contribution in [0.1, 0.15) is 17.5 Å². The standard InChI is InChI=1S/C26H23N5O3S/c27-11-18-9-20(14-29-13-18)19-3-1-2-17(8-19)12-28-7-6-22-15-31(26(33)34-22)21-4-5-24-23(10-21)30-25(32)16-35-24/h1-5,8-10,13-14,22,28H,6-7,12,15-16H2,(H,30,32)/t22-/m1/s1. The molecule has 1 aromatic heterocycles. The molecule has 0 spiro atoms. The Morgan fingerprint density at radius 2 is 2.09 bits per heavy atom. The van der Waals surface area contributed by atoms with Crippen molar-refractivity contribution in [2.24, 2.45) is 0 Å². The van der Waals surface area contributed by atoms with E-state index in [1.165, 1.54) is 11.8 Å². The molecule has 2 aliphatic heterocycles. The number of hydrogen-bond acceptors (Lipinski definition) is 7. The normalized spacial score (nSPS) is 16.9. The predicted molar refractivity (Wildman–Crippen MR) is 134 cm³/mol. The van der Waals surface area contributed by atoms with Gasteiger partial charge >= 0.3 is 6.09 Å². The van der Waals surface area contributed by atoms with Gasteiger partial charge < -0.3 is 15.4 Å². The van der Waals surface area contributed by atoms with Crippen LogP contribution in [0.15, 0.2) is 65.8 Å². The van der Waals surface area contributed by atoms with Crippen LogP contribution in [0, 0.1) is 11.3 Å². The zero-order chi connectivity index (χ0) is 24.2. The summed E-state index contributed by atoms with van der Waals surface area (Å²) in [6.45, 7) is 1.84. The lowest BCUT2D eigenvalue weighted by atomic mass is 10.0. The second-order valence-corrected chi connectivity index (χ2v) is 9.39. The average molecular weight is 486 g/mol. The number of carbonyl (C=O) groups is 2. The van der Waals surface area contributed by atoms with Gasteiger partial charge in [-0.15, -0.1) is 11.8 Å². The Balaban J connectivity index is 1.14. The van der Waals surface area contributed by atoms with Gasteiger partial charge in [0.1, 0.15) is 12.2 Å². The van der Waals surface area contributed by atoms with Gasteiger partial charge in [-0.2, -0.15) is 5.26 Å². The van der Waals surface area contributed by atoms with E-state index >= 15 is 0 Å². The van der Waals surface area contributed by atoms with Crippen molar-refractivity contribution in [1.82, 2.24) is 10.3 Å². The van der Waals surface area contributed by atoms with Crippen LogP contribution < -0.4 is 15.5 Å². The van der Waals surface area contributed by atoms with E-state index in [4.69, 9.17) is 10.00 Å². The van der Waals surface area contributed by atoms with Crippen LogP contribution in [0.3, 0.4) is 0 Å². The fourth-order valence-corrected chi connectivity index (χ4v) is 4.93. The number of pyridine rings is 1. The maximum Gasteiger partial charge on any atom is 0.414 e. The maximum atomic E-state index is 12.5. The van der Waals surface area contributed by atoms with Crippen LogP contribution in [-0.2, 0) is 16.1 Å². The highest BCUT2D eigenvalue weighted by Gasteiger charge is 2.32. The molecule has 5 rings (SSSR count). The first kappa shape index (κ1) is 22.9. The first-order valence-electron chi connectivity index (χ1n) is 11.3. The molecule has 2 aromatic carbocycles. The fraction of sp³-hybridized carbons (Fsp3) is 0.231. The number of anilines is 2. The van der Waals surface area contributed by atoms with Gasteiger partial charge in [-0.3, -0.25) is 14.7 Å². The van der Waals surface area contributed by atoms with Crippen LogP contribution >= 0.6 is 11.8 Å². The van der Waals surface area contributed by atoms with Gasteiger partial charge in [-0.1, -0.05) is 18.2 Å². The number of hydrogen-bond donors (Lipinski definition) is 2. The number of cyclic esters (lactones) is 1. The SMILES string of the molecule is N#Cc1cncc(-c2cccc(CNCC[C@@H]3CN(c4ccc5c(c4)NC(=O)CS5)C(=O)O3)c2)c1. The van der Waals surface area contributed by atoms with Crippen molar-refractivity contribution in [3.8, 4) is 17.2 Å². The van der Waals surface area contributed by atoms with Gasteiger partial charge in [0.05, 0.1) is 23.5 Å². The Bertz CT molecular complexity index is 1320. The summed E-state index contributed by atoms with van der Waals surface area (Å²) in [7, 11) is 0. The number of thioether (sulfide) groups is 1. The van der Waals surface area contributed by atoms with E-state index in [9.17, 15) is 9.59 Å². The van der Waals surface area contributed by atoms with Gasteiger partial charge in [0.2, 0.25) is 5.91 Å². The molecule has 35 heavy (non-hydrogen) atoms. The summed E-state index contributed by atoms with van der Waals surface area (Å²) in [6.07, 6.45) is 3.41. The smallest absolute Gasteiger partial charge is 0.414 e. The predicted octanol–water partition coefficient (Wildman–Crippen LogP) is 4.17. The average Bonchev–Trinajstić information content (AvgIpc) is 3.26. The lowest BCUT2D eigenvalue weighted by Crippen LogP contribution is -2.26. The molecular weight excluding hydrogens is 462 g/mol. The number of amides is 2. The monoisotopic (exact) mass is 485 g/mol. The highest BCUT2D eigenvalue weighted by Crippen LogP contribution is 2.35. The molecule has 1 atom stereocenters. The van der Waals surface area contributed by atoms with Gasteiger partial charge in [-0.25, -0.2) is 4.79 Å². The Morgan fingerprint density at radius 1 is 1.17 bits per heavy atom. The minimum absolute atomic E-state index is 0.0366. The maximum absolute atomic E-state index is 12.5. The van der Waals surface area contributed by atoms with Crippen molar-refractivity contribution in [3.05, 3.63) is 72.1 Å². The Labute approximate surface area is 207 Å². The second kappa shape index (κ2) is 10.2. The second-order valence-electron chi connectivity index (χ2n) is 8.37. The van der Waals surface area contributed by atoms with E-state index in [0.717, 1.165) is 33.0 Å². The first-order chi connectivity index (χ1) is 17.1. The Hall–Kier alpha value is -3.87. The van der Waals surface area contributed by atoms with Crippen molar-refractivity contribution >= 4 is 35.1 Å². The van der Waals surface area contributed by atoms with E-state index in [2.05, 4.69) is 27.8 Å². The lowest BCUT2D eigenvalue weighted by Gasteiger charge is -2.20. The fourth-order valence-electron chi connectivity index (χ4n) is 4.14. The van der Waals surface area contributed by atoms with Crippen molar-refractivity contribution in [2.45, 2.75) is 24.0 Å². The number of ether oxygens (including phenoxy) is 1. The largest absolute Gasteiger partial charge is 0.444 e. The summed E-state index contributed by atoms with van der Waals surface area (Å²) in [6, 6.07) is 17.7. The van der Waals surface area contributed by atoms with E-state index in [-0.39, 0.29) is 18.1 Å². The van der Waals surface area contributed by atoms with Crippen molar-refractivity contribution in [1.29, 1.82) is 5.26 Å². The summed E-state index contributed by atoms with van der Waals surface area (Å²) < 4.78 is 5.57. The Morgan fingerprint density at radius 3 is 2.97 bits per heavy atom. The van der Waals surface area contributed by atoms with E-state index in [1.807, 2.05) is 42.5 Å². The van der Waals surface area contributed by atoms with Crippen LogP contribution in [-0.4, -0.2) is 41.9 Å². The molecule has 176 valence electrons. The summed E-state index contributed by atoms with van der Waals surface area (Å²) >= 11 is 1.49. The number of fused-ring (bicyclic) bond motifs is 1. The van der Waals surface area contributed by atoms with Crippen molar-refractivity contribution in [2.75, 3.05) is 29.1 Å². The molecule has 0 bridgehead atoms. The number of nitrogens with zero attached hydrogens (tertiary/aromatic N) is 3. The van der Waals surface area contributed by atoms with Crippen LogP contribution in [0.5, 0.6) is 0 Å². The topological polar surface area (TPSA) is 107 Å². The molecule has 0 aliphatic carbocycles. The molecule has 3 aromatic rings. The summed E-state index contributed by atoms with van der Waals surface area (Å²) in [4.78, 5) is 30.9. The molecule has 1 fully saturated rings. The third-order valence-corrected chi connectivity index (χ3v) is 6.96. The van der Waals surface area contributed by atoms with Gasteiger partial charge in [0.15, 0.2) is 0 Å². The van der Waals surface area contributed by atoms with Crippen molar-refractivity contribution in [3.63, 3.8) is 0 Å². The summed E-state index contributed by atoms with van der Waals surface area (Å²) in [5, 5.41) is 15.4. The van der Waals surface area contributed by atoms with E-state index in [0.29, 0.717) is 37.4 Å². The molecule has 3 heterocycles. The molecule has 0 unspecified atom stereocenters. The van der Waals surface area contributed by atoms with Gasteiger partial charge in [0.25, 0.3) is 0 Å².